The predicted molar refractivity (Wildman–Crippen MR) is 67.4 cm³/mol. The van der Waals surface area contributed by atoms with Crippen molar-refractivity contribution in [2.24, 2.45) is 0 Å². The normalized spacial score (nSPS) is 11.3. The molecule has 1 aromatic rings. The summed E-state index contributed by atoms with van der Waals surface area (Å²) >= 11 is 0. The van der Waals surface area contributed by atoms with Gasteiger partial charge in [-0.1, -0.05) is 0 Å². The van der Waals surface area contributed by atoms with Gasteiger partial charge < -0.3 is 4.74 Å². The molecule has 0 aliphatic carbocycles. The third kappa shape index (κ3) is 4.86. The third-order valence-corrected chi connectivity index (χ3v) is 3.82. The molecule has 0 unspecified atom stereocenters. The van der Waals surface area contributed by atoms with Gasteiger partial charge in [0, 0.05) is 13.0 Å². The molecule has 0 aliphatic heterocycles. The predicted octanol–water partition coefficient (Wildman–Crippen LogP) is 1.59. The van der Waals surface area contributed by atoms with E-state index in [1.807, 2.05) is 0 Å². The van der Waals surface area contributed by atoms with Crippen LogP contribution in [0.2, 0.25) is 0 Å². The van der Waals surface area contributed by atoms with Crippen LogP contribution in [-0.2, 0) is 19.6 Å². The summed E-state index contributed by atoms with van der Waals surface area (Å²) < 4.78 is 56.0. The van der Waals surface area contributed by atoms with Crippen LogP contribution in [0.25, 0.3) is 0 Å². The summed E-state index contributed by atoms with van der Waals surface area (Å²) in [7, 11) is -3.92. The summed E-state index contributed by atoms with van der Waals surface area (Å²) in [5.41, 5.74) is 0. The molecule has 8 heteroatoms. The van der Waals surface area contributed by atoms with Crippen LogP contribution in [0.4, 0.5) is 8.78 Å². The number of rotatable bonds is 7. The molecule has 0 aromatic heterocycles. The highest BCUT2D eigenvalue weighted by Gasteiger charge is 2.16. The maximum atomic E-state index is 13.0. The molecular weight excluding hydrogens is 292 g/mol. The number of carbonyl (C=O) groups excluding carboxylic acids is 1. The number of nitrogens with one attached hydrogen (secondary N) is 1. The quantitative estimate of drug-likeness (QED) is 0.613. The lowest BCUT2D eigenvalue weighted by Gasteiger charge is -2.07. The first-order valence-corrected chi connectivity index (χ1v) is 7.45. The molecule has 0 radical (unpaired) electrons. The van der Waals surface area contributed by atoms with Crippen LogP contribution in [0.3, 0.4) is 0 Å². The van der Waals surface area contributed by atoms with Gasteiger partial charge in [-0.15, -0.1) is 0 Å². The van der Waals surface area contributed by atoms with Gasteiger partial charge in [0.1, 0.15) is 0 Å². The SMILES string of the molecule is CCOC(=O)CCCNS(=O)(=O)c1ccc(F)c(F)c1. The molecule has 0 saturated heterocycles. The van der Waals surface area contributed by atoms with Gasteiger partial charge in [0.2, 0.25) is 10.0 Å². The molecule has 1 aromatic carbocycles. The van der Waals surface area contributed by atoms with Gasteiger partial charge in [-0.25, -0.2) is 21.9 Å². The van der Waals surface area contributed by atoms with Gasteiger partial charge in [0.05, 0.1) is 11.5 Å². The molecule has 20 heavy (non-hydrogen) atoms. The number of ether oxygens (including phenoxy) is 1. The highest BCUT2D eigenvalue weighted by molar-refractivity contribution is 7.89. The molecule has 0 fully saturated rings. The number of benzene rings is 1. The number of sulfonamides is 1. The van der Waals surface area contributed by atoms with Crippen LogP contribution in [0.15, 0.2) is 23.1 Å². The van der Waals surface area contributed by atoms with E-state index in [-0.39, 0.29) is 30.9 Å². The van der Waals surface area contributed by atoms with E-state index in [1.165, 1.54) is 0 Å². The molecule has 0 amide bonds. The zero-order valence-corrected chi connectivity index (χ0v) is 11.7. The van der Waals surface area contributed by atoms with Crippen molar-refractivity contribution in [1.82, 2.24) is 4.72 Å². The molecule has 112 valence electrons. The number of hydrogen-bond acceptors (Lipinski definition) is 4. The summed E-state index contributed by atoms with van der Waals surface area (Å²) in [4.78, 5) is 10.7. The van der Waals surface area contributed by atoms with Crippen molar-refractivity contribution in [3.05, 3.63) is 29.8 Å². The Bertz CT molecular complexity index is 575. The van der Waals surface area contributed by atoms with E-state index in [4.69, 9.17) is 0 Å². The van der Waals surface area contributed by atoms with Gasteiger partial charge in [-0.2, -0.15) is 0 Å². The fourth-order valence-electron chi connectivity index (χ4n) is 1.40. The summed E-state index contributed by atoms with van der Waals surface area (Å²) in [5, 5.41) is 0. The Labute approximate surface area is 116 Å². The molecule has 0 spiro atoms. The van der Waals surface area contributed by atoms with E-state index >= 15 is 0 Å². The maximum absolute atomic E-state index is 13.0. The molecule has 0 bridgehead atoms. The Balaban J connectivity index is 2.53. The first-order valence-electron chi connectivity index (χ1n) is 5.97. The lowest BCUT2D eigenvalue weighted by atomic mass is 10.3. The van der Waals surface area contributed by atoms with Crippen LogP contribution >= 0.6 is 0 Å². The molecule has 1 N–H and O–H groups in total. The Morgan fingerprint density at radius 3 is 2.60 bits per heavy atom. The lowest BCUT2D eigenvalue weighted by Crippen LogP contribution is -2.25. The first kappa shape index (κ1) is 16.5. The zero-order valence-electron chi connectivity index (χ0n) is 10.9. The fourth-order valence-corrected chi connectivity index (χ4v) is 2.49. The largest absolute Gasteiger partial charge is 0.466 e. The van der Waals surface area contributed by atoms with Crippen molar-refractivity contribution in [2.75, 3.05) is 13.2 Å². The van der Waals surface area contributed by atoms with Crippen LogP contribution in [0.5, 0.6) is 0 Å². The number of hydrogen-bond donors (Lipinski definition) is 1. The topological polar surface area (TPSA) is 72.5 Å². The van der Waals surface area contributed by atoms with Crippen molar-refractivity contribution in [3.8, 4) is 0 Å². The second-order valence-electron chi connectivity index (χ2n) is 3.88. The Hall–Kier alpha value is -1.54. The standard InChI is InChI=1S/C12H15F2NO4S/c1-2-19-12(16)4-3-7-15-20(17,18)9-5-6-10(13)11(14)8-9/h5-6,8,15H,2-4,7H2,1H3. The number of halogens is 2. The minimum absolute atomic E-state index is 0.000142. The Morgan fingerprint density at radius 2 is 2.00 bits per heavy atom. The highest BCUT2D eigenvalue weighted by atomic mass is 32.2. The summed E-state index contributed by atoms with van der Waals surface area (Å²) in [6.45, 7) is 1.93. The van der Waals surface area contributed by atoms with Crippen LogP contribution < -0.4 is 4.72 Å². The Kier molecular flexibility index (Phi) is 6.03. The van der Waals surface area contributed by atoms with E-state index in [0.29, 0.717) is 6.07 Å². The van der Waals surface area contributed by atoms with E-state index < -0.39 is 27.6 Å². The van der Waals surface area contributed by atoms with Gasteiger partial charge >= 0.3 is 5.97 Å². The van der Waals surface area contributed by atoms with E-state index in [0.717, 1.165) is 12.1 Å². The van der Waals surface area contributed by atoms with Crippen molar-refractivity contribution in [3.63, 3.8) is 0 Å². The molecule has 5 nitrogen and oxygen atoms in total. The summed E-state index contributed by atoms with van der Waals surface area (Å²) in [5.74, 6) is -2.77. The molecule has 1 rings (SSSR count). The first-order chi connectivity index (χ1) is 9.36. The second kappa shape index (κ2) is 7.30. The summed E-state index contributed by atoms with van der Waals surface area (Å²) in [6, 6.07) is 2.30. The number of esters is 1. The minimum atomic E-state index is -3.92. The van der Waals surface area contributed by atoms with Gasteiger partial charge in [0.15, 0.2) is 11.6 Å². The number of carbonyl (C=O) groups is 1. The van der Waals surface area contributed by atoms with Gasteiger partial charge in [-0.05, 0) is 31.5 Å². The van der Waals surface area contributed by atoms with Crippen LogP contribution in [0.1, 0.15) is 19.8 Å². The van der Waals surface area contributed by atoms with Crippen molar-refractivity contribution >= 4 is 16.0 Å². The molecular formula is C12H15F2NO4S. The van der Waals surface area contributed by atoms with Crippen molar-refractivity contribution in [1.29, 1.82) is 0 Å². The van der Waals surface area contributed by atoms with Gasteiger partial charge in [0.25, 0.3) is 0 Å². The lowest BCUT2D eigenvalue weighted by molar-refractivity contribution is -0.143. The monoisotopic (exact) mass is 307 g/mol. The van der Waals surface area contributed by atoms with E-state index in [2.05, 4.69) is 9.46 Å². The fraction of sp³-hybridized carbons (Fsp3) is 0.417. The van der Waals surface area contributed by atoms with Crippen molar-refractivity contribution < 1.29 is 26.7 Å². The second-order valence-corrected chi connectivity index (χ2v) is 5.65. The molecule has 0 aliphatic rings. The smallest absolute Gasteiger partial charge is 0.305 e. The maximum Gasteiger partial charge on any atom is 0.305 e. The minimum Gasteiger partial charge on any atom is -0.466 e. The van der Waals surface area contributed by atoms with Crippen LogP contribution in [0, 0.1) is 11.6 Å². The van der Waals surface area contributed by atoms with E-state index in [1.54, 1.807) is 6.92 Å². The highest BCUT2D eigenvalue weighted by Crippen LogP contribution is 2.13. The average molecular weight is 307 g/mol. The average Bonchev–Trinajstić information content (AvgIpc) is 2.38. The molecule has 0 atom stereocenters. The van der Waals surface area contributed by atoms with Gasteiger partial charge in [-0.3, -0.25) is 4.79 Å². The zero-order chi connectivity index (χ0) is 15.2. The van der Waals surface area contributed by atoms with Crippen LogP contribution in [-0.4, -0.2) is 27.5 Å². The summed E-state index contributed by atoms with van der Waals surface area (Å²) in [6.07, 6.45) is 0.329. The van der Waals surface area contributed by atoms with Crippen molar-refractivity contribution in [2.45, 2.75) is 24.7 Å². The third-order valence-electron chi connectivity index (χ3n) is 2.36. The van der Waals surface area contributed by atoms with E-state index in [9.17, 15) is 22.0 Å². The Morgan fingerprint density at radius 1 is 1.30 bits per heavy atom. The molecule has 0 saturated carbocycles. The molecule has 0 heterocycles.